The molecule has 0 heterocycles. The van der Waals surface area contributed by atoms with E-state index in [1.165, 1.54) is 5.57 Å². The van der Waals surface area contributed by atoms with Crippen LogP contribution in [-0.4, -0.2) is 16.5 Å². The predicted molar refractivity (Wildman–Crippen MR) is 66.3 cm³/mol. The van der Waals surface area contributed by atoms with Gasteiger partial charge >= 0.3 is 0 Å². The molecule has 0 amide bonds. The first-order chi connectivity index (χ1) is 7.38. The van der Waals surface area contributed by atoms with E-state index in [2.05, 4.69) is 6.08 Å². The molecule has 1 unspecified atom stereocenters. The summed E-state index contributed by atoms with van der Waals surface area (Å²) in [6, 6.07) is 0. The number of carbonyl (C=O) groups excluding carboxylic acids is 1. The van der Waals surface area contributed by atoms with Crippen LogP contribution in [0.2, 0.25) is 0 Å². The first-order valence-corrected chi connectivity index (χ1v) is 6.29. The zero-order chi connectivity index (χ0) is 12.2. The van der Waals surface area contributed by atoms with Crippen LogP contribution in [0.5, 0.6) is 0 Å². The lowest BCUT2D eigenvalue weighted by Gasteiger charge is -2.21. The van der Waals surface area contributed by atoms with Crippen LogP contribution >= 0.6 is 0 Å². The van der Waals surface area contributed by atoms with Crippen LogP contribution in [0.3, 0.4) is 0 Å². The lowest BCUT2D eigenvalue weighted by atomic mass is 9.85. The van der Waals surface area contributed by atoms with Crippen molar-refractivity contribution in [3.8, 4) is 0 Å². The van der Waals surface area contributed by atoms with Crippen LogP contribution in [0.1, 0.15) is 59.3 Å². The average Bonchev–Trinajstić information content (AvgIpc) is 2.16. The lowest BCUT2D eigenvalue weighted by molar-refractivity contribution is -0.120. The fourth-order valence-electron chi connectivity index (χ4n) is 2.23. The highest BCUT2D eigenvalue weighted by Crippen LogP contribution is 2.27. The van der Waals surface area contributed by atoms with Gasteiger partial charge in [0.2, 0.25) is 0 Å². The topological polar surface area (TPSA) is 37.3 Å². The maximum atomic E-state index is 11.2. The molecule has 0 aliphatic heterocycles. The van der Waals surface area contributed by atoms with Crippen molar-refractivity contribution in [1.29, 1.82) is 0 Å². The third kappa shape index (κ3) is 4.93. The summed E-state index contributed by atoms with van der Waals surface area (Å²) in [7, 11) is 0. The molecule has 0 saturated heterocycles. The van der Waals surface area contributed by atoms with Gasteiger partial charge in [0.1, 0.15) is 5.78 Å². The van der Waals surface area contributed by atoms with Crippen LogP contribution in [0.15, 0.2) is 11.6 Å². The Labute approximate surface area is 98.7 Å². The Morgan fingerprint density at radius 1 is 1.56 bits per heavy atom. The second kappa shape index (κ2) is 5.62. The highest BCUT2D eigenvalue weighted by atomic mass is 16.3. The van der Waals surface area contributed by atoms with Gasteiger partial charge in [0, 0.05) is 5.92 Å². The zero-order valence-electron chi connectivity index (χ0n) is 10.8. The van der Waals surface area contributed by atoms with E-state index in [0.717, 1.165) is 38.5 Å². The number of aliphatic hydroxyl groups is 1. The summed E-state index contributed by atoms with van der Waals surface area (Å²) in [5.41, 5.74) is 0.929. The Morgan fingerprint density at radius 3 is 2.69 bits per heavy atom. The number of ketones is 1. The molecular weight excluding hydrogens is 200 g/mol. The minimum atomic E-state index is -0.544. The quantitative estimate of drug-likeness (QED) is 0.728. The van der Waals surface area contributed by atoms with Gasteiger partial charge in [-0.05, 0) is 59.3 Å². The van der Waals surface area contributed by atoms with Crippen LogP contribution in [0.25, 0.3) is 0 Å². The number of carbonyl (C=O) groups is 1. The molecule has 0 aromatic rings. The van der Waals surface area contributed by atoms with Crippen LogP contribution in [0.4, 0.5) is 0 Å². The predicted octanol–water partition coefficient (Wildman–Crippen LogP) is 3.24. The molecule has 1 aliphatic rings. The SMILES string of the molecule is CC(=O)C1CC=C(CCCC(C)(C)O)CC1. The fraction of sp³-hybridized carbons (Fsp3) is 0.786. The van der Waals surface area contributed by atoms with E-state index in [1.807, 2.05) is 13.8 Å². The van der Waals surface area contributed by atoms with Crippen molar-refractivity contribution in [1.82, 2.24) is 0 Å². The monoisotopic (exact) mass is 224 g/mol. The number of rotatable bonds is 5. The third-order valence-corrected chi connectivity index (χ3v) is 3.37. The summed E-state index contributed by atoms with van der Waals surface area (Å²) in [5, 5.41) is 9.60. The summed E-state index contributed by atoms with van der Waals surface area (Å²) < 4.78 is 0. The van der Waals surface area contributed by atoms with E-state index in [4.69, 9.17) is 0 Å². The van der Waals surface area contributed by atoms with E-state index in [0.29, 0.717) is 5.78 Å². The standard InChI is InChI=1S/C14H24O2/c1-11(15)13-8-6-12(7-9-13)5-4-10-14(2,3)16/h6,13,16H,4-5,7-10H2,1-3H3. The molecule has 1 N–H and O–H groups in total. The van der Waals surface area contributed by atoms with Gasteiger partial charge in [-0.15, -0.1) is 0 Å². The highest BCUT2D eigenvalue weighted by molar-refractivity contribution is 5.78. The fourth-order valence-corrected chi connectivity index (χ4v) is 2.23. The Kier molecular flexibility index (Phi) is 4.72. The Morgan fingerprint density at radius 2 is 2.25 bits per heavy atom. The van der Waals surface area contributed by atoms with Crippen molar-refractivity contribution in [3.05, 3.63) is 11.6 Å². The molecular formula is C14H24O2. The third-order valence-electron chi connectivity index (χ3n) is 3.37. The largest absolute Gasteiger partial charge is 0.390 e. The molecule has 1 aliphatic carbocycles. The average molecular weight is 224 g/mol. The van der Waals surface area contributed by atoms with Crippen LogP contribution in [0, 0.1) is 5.92 Å². The van der Waals surface area contributed by atoms with Crippen molar-refractivity contribution < 1.29 is 9.90 Å². The van der Waals surface area contributed by atoms with Crippen LogP contribution < -0.4 is 0 Å². The minimum Gasteiger partial charge on any atom is -0.390 e. The molecule has 16 heavy (non-hydrogen) atoms. The van der Waals surface area contributed by atoms with Gasteiger partial charge in [-0.3, -0.25) is 4.79 Å². The number of Topliss-reactive ketones (excluding diaryl/α,β-unsaturated/α-hetero) is 1. The van der Waals surface area contributed by atoms with Gasteiger partial charge in [-0.1, -0.05) is 11.6 Å². The van der Waals surface area contributed by atoms with Gasteiger partial charge in [-0.25, -0.2) is 0 Å². The van der Waals surface area contributed by atoms with E-state index < -0.39 is 5.60 Å². The number of hydrogen-bond acceptors (Lipinski definition) is 2. The van der Waals surface area contributed by atoms with Crippen LogP contribution in [-0.2, 0) is 4.79 Å². The molecule has 0 fully saturated rings. The summed E-state index contributed by atoms with van der Waals surface area (Å²) >= 11 is 0. The normalized spacial score (nSPS) is 21.8. The van der Waals surface area contributed by atoms with Gasteiger partial charge < -0.3 is 5.11 Å². The summed E-state index contributed by atoms with van der Waals surface area (Å²) in [5.74, 6) is 0.588. The summed E-state index contributed by atoms with van der Waals surface area (Å²) in [6.45, 7) is 5.40. The first kappa shape index (κ1) is 13.4. The molecule has 0 bridgehead atoms. The van der Waals surface area contributed by atoms with E-state index in [1.54, 1.807) is 6.92 Å². The summed E-state index contributed by atoms with van der Waals surface area (Å²) in [4.78, 5) is 11.2. The molecule has 2 heteroatoms. The van der Waals surface area contributed by atoms with Crippen molar-refractivity contribution in [3.63, 3.8) is 0 Å². The number of hydrogen-bond donors (Lipinski definition) is 1. The molecule has 0 saturated carbocycles. The molecule has 1 rings (SSSR count). The smallest absolute Gasteiger partial charge is 0.133 e. The Balaban J connectivity index is 2.28. The molecule has 0 aromatic heterocycles. The van der Waals surface area contributed by atoms with Gasteiger partial charge in [0.05, 0.1) is 5.60 Å². The summed E-state index contributed by atoms with van der Waals surface area (Å²) in [6.07, 6.45) is 8.21. The number of allylic oxidation sites excluding steroid dienone is 2. The maximum absolute atomic E-state index is 11.2. The highest BCUT2D eigenvalue weighted by Gasteiger charge is 2.18. The molecule has 0 spiro atoms. The van der Waals surface area contributed by atoms with Crippen molar-refractivity contribution >= 4 is 5.78 Å². The van der Waals surface area contributed by atoms with Crippen molar-refractivity contribution in [2.45, 2.75) is 64.9 Å². The Bertz CT molecular complexity index is 271. The van der Waals surface area contributed by atoms with Gasteiger partial charge in [0.25, 0.3) is 0 Å². The first-order valence-electron chi connectivity index (χ1n) is 6.29. The van der Waals surface area contributed by atoms with Crippen molar-refractivity contribution in [2.24, 2.45) is 5.92 Å². The van der Waals surface area contributed by atoms with E-state index in [-0.39, 0.29) is 5.92 Å². The molecule has 92 valence electrons. The molecule has 0 aromatic carbocycles. The second-order valence-corrected chi connectivity index (χ2v) is 5.61. The zero-order valence-corrected chi connectivity index (χ0v) is 10.8. The minimum absolute atomic E-state index is 0.262. The van der Waals surface area contributed by atoms with E-state index in [9.17, 15) is 9.90 Å². The van der Waals surface area contributed by atoms with E-state index >= 15 is 0 Å². The molecule has 2 nitrogen and oxygen atoms in total. The van der Waals surface area contributed by atoms with Gasteiger partial charge in [0.15, 0.2) is 0 Å². The second-order valence-electron chi connectivity index (χ2n) is 5.61. The molecule has 0 radical (unpaired) electrons. The van der Waals surface area contributed by atoms with Gasteiger partial charge in [-0.2, -0.15) is 0 Å². The lowest BCUT2D eigenvalue weighted by Crippen LogP contribution is -2.18. The molecule has 1 atom stereocenters. The Hall–Kier alpha value is -0.630. The van der Waals surface area contributed by atoms with Crippen molar-refractivity contribution in [2.75, 3.05) is 0 Å². The maximum Gasteiger partial charge on any atom is 0.133 e.